The van der Waals surface area contributed by atoms with Gasteiger partial charge in [-0.3, -0.25) is 9.89 Å². The maximum atomic E-state index is 11.2. The van der Waals surface area contributed by atoms with Crippen molar-refractivity contribution >= 4 is 28.9 Å². The molecule has 0 aliphatic rings. The summed E-state index contributed by atoms with van der Waals surface area (Å²) in [5.74, 6) is 0.394. The van der Waals surface area contributed by atoms with Crippen molar-refractivity contribution in [2.45, 2.75) is 19.8 Å². The number of amides is 1. The molecule has 0 fully saturated rings. The maximum absolute atomic E-state index is 11.2. The molecule has 0 aliphatic heterocycles. The zero-order chi connectivity index (χ0) is 10.6. The third-order valence-electron chi connectivity index (χ3n) is 1.65. The first-order valence-electron chi connectivity index (χ1n) is 4.28. The Morgan fingerprint density at radius 2 is 2.50 bits per heavy atom. The van der Waals surface area contributed by atoms with Gasteiger partial charge >= 0.3 is 0 Å². The number of carbonyl (C=O) groups excluding carboxylic acids is 1. The highest BCUT2D eigenvalue weighted by Crippen LogP contribution is 2.10. The highest BCUT2D eigenvalue weighted by molar-refractivity contribution is 7.80. The van der Waals surface area contributed by atoms with E-state index in [0.29, 0.717) is 17.8 Å². The molecule has 0 aromatic carbocycles. The predicted molar refractivity (Wildman–Crippen MR) is 58.0 cm³/mol. The fourth-order valence-corrected chi connectivity index (χ4v) is 1.15. The lowest BCUT2D eigenvalue weighted by Gasteiger charge is -2.03. The van der Waals surface area contributed by atoms with Crippen LogP contribution in [0, 0.1) is 0 Å². The van der Waals surface area contributed by atoms with Gasteiger partial charge in [-0.15, -0.1) is 0 Å². The summed E-state index contributed by atoms with van der Waals surface area (Å²) in [6, 6.07) is 0. The number of anilines is 1. The van der Waals surface area contributed by atoms with Gasteiger partial charge in [-0.05, 0) is 6.42 Å². The van der Waals surface area contributed by atoms with Gasteiger partial charge in [0, 0.05) is 6.42 Å². The van der Waals surface area contributed by atoms with E-state index in [1.54, 1.807) is 0 Å². The first-order chi connectivity index (χ1) is 6.65. The number of hydrogen-bond donors (Lipinski definition) is 3. The number of nitrogens with two attached hydrogens (primary N) is 1. The number of rotatable bonds is 4. The zero-order valence-electron chi connectivity index (χ0n) is 7.83. The lowest BCUT2D eigenvalue weighted by atomic mass is 10.3. The monoisotopic (exact) mass is 212 g/mol. The van der Waals surface area contributed by atoms with E-state index in [-0.39, 0.29) is 10.9 Å². The Morgan fingerprint density at radius 3 is 3.07 bits per heavy atom. The summed E-state index contributed by atoms with van der Waals surface area (Å²) in [6.45, 7) is 1.93. The summed E-state index contributed by atoms with van der Waals surface area (Å²) in [6.07, 6.45) is 2.75. The van der Waals surface area contributed by atoms with E-state index in [2.05, 4.69) is 15.5 Å². The minimum atomic E-state index is -0.0748. The third kappa shape index (κ3) is 2.53. The minimum Gasteiger partial charge on any atom is -0.389 e. The molecule has 1 amide bonds. The van der Waals surface area contributed by atoms with Gasteiger partial charge in [-0.25, -0.2) is 0 Å². The fourth-order valence-electron chi connectivity index (χ4n) is 0.997. The molecule has 1 aromatic rings. The summed E-state index contributed by atoms with van der Waals surface area (Å²) in [7, 11) is 0. The number of thiocarbonyl (C=S) groups is 1. The number of aromatic amines is 1. The molecule has 0 atom stereocenters. The molecular weight excluding hydrogens is 200 g/mol. The summed E-state index contributed by atoms with van der Waals surface area (Å²) in [5.41, 5.74) is 5.99. The van der Waals surface area contributed by atoms with Gasteiger partial charge in [0.25, 0.3) is 0 Å². The van der Waals surface area contributed by atoms with Gasteiger partial charge in [0.15, 0.2) is 0 Å². The maximum Gasteiger partial charge on any atom is 0.225 e. The molecule has 0 bridgehead atoms. The minimum absolute atomic E-state index is 0.0748. The highest BCUT2D eigenvalue weighted by atomic mass is 32.1. The summed E-state index contributed by atoms with van der Waals surface area (Å²) in [5, 5.41) is 9.02. The van der Waals surface area contributed by atoms with Gasteiger partial charge in [0.05, 0.1) is 11.8 Å². The van der Waals surface area contributed by atoms with E-state index in [4.69, 9.17) is 18.0 Å². The quantitative estimate of drug-likeness (QED) is 0.644. The normalized spacial score (nSPS) is 9.79. The van der Waals surface area contributed by atoms with E-state index in [1.807, 2.05) is 6.92 Å². The number of nitrogens with zero attached hydrogens (tertiary/aromatic N) is 1. The number of aromatic nitrogens is 2. The first-order valence-corrected chi connectivity index (χ1v) is 4.69. The summed E-state index contributed by atoms with van der Waals surface area (Å²) >= 11 is 4.79. The topological polar surface area (TPSA) is 83.8 Å². The van der Waals surface area contributed by atoms with E-state index < -0.39 is 0 Å². The third-order valence-corrected chi connectivity index (χ3v) is 1.87. The average Bonchev–Trinajstić information content (AvgIpc) is 2.52. The van der Waals surface area contributed by atoms with Gasteiger partial charge in [-0.1, -0.05) is 19.1 Å². The lowest BCUT2D eigenvalue weighted by Crippen LogP contribution is -2.16. The van der Waals surface area contributed by atoms with Crippen LogP contribution in [-0.4, -0.2) is 21.1 Å². The highest BCUT2D eigenvalue weighted by Gasteiger charge is 2.09. The molecule has 1 aromatic heterocycles. The Morgan fingerprint density at radius 1 is 1.79 bits per heavy atom. The molecule has 5 nitrogen and oxygen atoms in total. The molecule has 0 saturated heterocycles. The molecule has 1 heterocycles. The van der Waals surface area contributed by atoms with Gasteiger partial charge in [-0.2, -0.15) is 5.10 Å². The van der Waals surface area contributed by atoms with Crippen molar-refractivity contribution in [1.82, 2.24) is 10.2 Å². The Kier molecular flexibility index (Phi) is 3.58. The van der Waals surface area contributed by atoms with Crippen molar-refractivity contribution in [2.24, 2.45) is 5.73 Å². The molecule has 1 rings (SSSR count). The second kappa shape index (κ2) is 4.71. The molecular formula is C8H12N4OS. The largest absolute Gasteiger partial charge is 0.389 e. The van der Waals surface area contributed by atoms with Gasteiger partial charge in [0.1, 0.15) is 10.8 Å². The van der Waals surface area contributed by atoms with Crippen molar-refractivity contribution in [3.63, 3.8) is 0 Å². The SMILES string of the molecule is CCCC(=O)Nc1[nH]ncc1C(N)=S. The van der Waals surface area contributed by atoms with E-state index >= 15 is 0 Å². The summed E-state index contributed by atoms with van der Waals surface area (Å²) < 4.78 is 0. The molecule has 0 radical (unpaired) electrons. The molecule has 0 aliphatic carbocycles. The van der Waals surface area contributed by atoms with Crippen LogP contribution < -0.4 is 11.1 Å². The van der Waals surface area contributed by atoms with Crippen molar-refractivity contribution in [3.8, 4) is 0 Å². The first kappa shape index (κ1) is 10.6. The Hall–Kier alpha value is -1.43. The zero-order valence-corrected chi connectivity index (χ0v) is 8.65. The lowest BCUT2D eigenvalue weighted by molar-refractivity contribution is -0.116. The molecule has 6 heteroatoms. The number of hydrogen-bond acceptors (Lipinski definition) is 3. The van der Waals surface area contributed by atoms with Crippen LogP contribution in [0.2, 0.25) is 0 Å². The van der Waals surface area contributed by atoms with E-state index in [0.717, 1.165) is 6.42 Å². The van der Waals surface area contributed by atoms with Crippen molar-refractivity contribution in [2.75, 3.05) is 5.32 Å². The molecule has 0 spiro atoms. The van der Waals surface area contributed by atoms with Crippen LogP contribution in [0.3, 0.4) is 0 Å². The van der Waals surface area contributed by atoms with Crippen molar-refractivity contribution in [3.05, 3.63) is 11.8 Å². The number of H-pyrrole nitrogens is 1. The van der Waals surface area contributed by atoms with Crippen molar-refractivity contribution in [1.29, 1.82) is 0 Å². The van der Waals surface area contributed by atoms with Crippen LogP contribution in [0.15, 0.2) is 6.20 Å². The fraction of sp³-hybridized carbons (Fsp3) is 0.375. The second-order valence-electron chi connectivity index (χ2n) is 2.82. The molecule has 76 valence electrons. The molecule has 4 N–H and O–H groups in total. The van der Waals surface area contributed by atoms with Gasteiger partial charge in [0.2, 0.25) is 5.91 Å². The number of nitrogens with one attached hydrogen (secondary N) is 2. The second-order valence-corrected chi connectivity index (χ2v) is 3.26. The van der Waals surface area contributed by atoms with Crippen LogP contribution >= 0.6 is 12.2 Å². The predicted octanol–water partition coefficient (Wildman–Crippen LogP) is 0.782. The number of carbonyl (C=O) groups is 1. The Balaban J connectivity index is 2.71. The van der Waals surface area contributed by atoms with E-state index in [1.165, 1.54) is 6.20 Å². The van der Waals surface area contributed by atoms with E-state index in [9.17, 15) is 4.79 Å². The average molecular weight is 212 g/mol. The molecule has 14 heavy (non-hydrogen) atoms. The van der Waals surface area contributed by atoms with Crippen molar-refractivity contribution < 1.29 is 4.79 Å². The smallest absolute Gasteiger partial charge is 0.225 e. The molecule has 0 unspecified atom stereocenters. The Bertz CT molecular complexity index is 347. The molecule has 0 saturated carbocycles. The van der Waals surface area contributed by atoms with Crippen LogP contribution in [0.25, 0.3) is 0 Å². The van der Waals surface area contributed by atoms with Crippen LogP contribution in [0.1, 0.15) is 25.3 Å². The Labute approximate surface area is 87.1 Å². The van der Waals surface area contributed by atoms with Gasteiger partial charge < -0.3 is 11.1 Å². The standard InChI is InChI=1S/C8H12N4OS/c1-2-3-6(13)11-8-5(7(9)14)4-10-12-8/h4H,2-3H2,1H3,(H2,9,14)(H2,10,11,12,13). The van der Waals surface area contributed by atoms with Crippen LogP contribution in [-0.2, 0) is 4.79 Å². The van der Waals surface area contributed by atoms with Crippen LogP contribution in [0.4, 0.5) is 5.82 Å². The summed E-state index contributed by atoms with van der Waals surface area (Å²) in [4.78, 5) is 11.5. The van der Waals surface area contributed by atoms with Crippen LogP contribution in [0.5, 0.6) is 0 Å².